The lowest BCUT2D eigenvalue weighted by Gasteiger charge is -2.44. The van der Waals surface area contributed by atoms with Crippen molar-refractivity contribution in [2.45, 2.75) is 122 Å². The summed E-state index contributed by atoms with van der Waals surface area (Å²) < 4.78 is 12.4. The van der Waals surface area contributed by atoms with E-state index in [1.807, 2.05) is 12.1 Å². The molecule has 0 aromatic heterocycles. The summed E-state index contributed by atoms with van der Waals surface area (Å²) in [7, 11) is -1.32. The molecule has 0 saturated carbocycles. The number of hydrogen-bond donors (Lipinski definition) is 0. The van der Waals surface area contributed by atoms with E-state index in [0.717, 1.165) is 12.8 Å². The smallest absolute Gasteiger partial charge is 0.333 e. The van der Waals surface area contributed by atoms with Crippen LogP contribution in [0.25, 0.3) is 0 Å². The molecule has 1 atom stereocenters. The number of carbonyl (C=O) groups excluding carboxylic acids is 1. The molecular formula is C33H52O3Si. The van der Waals surface area contributed by atoms with Gasteiger partial charge < -0.3 is 9.16 Å². The Kier molecular flexibility index (Phi) is 14.2. The molecule has 0 radical (unpaired) electrons. The van der Waals surface area contributed by atoms with Gasteiger partial charge in [-0.3, -0.25) is 0 Å². The molecule has 0 heterocycles. The maximum absolute atomic E-state index is 13.0. The normalized spacial score (nSPS) is 12.9. The molecule has 0 N–H and O–H groups in total. The van der Waals surface area contributed by atoms with Crippen LogP contribution in [-0.4, -0.2) is 27.5 Å². The molecule has 0 aliphatic carbocycles. The van der Waals surface area contributed by atoms with Crippen LogP contribution in [0.15, 0.2) is 60.7 Å². The summed E-state index contributed by atoms with van der Waals surface area (Å²) in [5.74, 6) is -0.254. The van der Waals surface area contributed by atoms with Gasteiger partial charge in [-0.25, -0.2) is 4.79 Å². The van der Waals surface area contributed by atoms with E-state index in [-0.39, 0.29) is 11.0 Å². The first kappa shape index (κ1) is 31.3. The second-order valence-electron chi connectivity index (χ2n) is 11.5. The van der Waals surface area contributed by atoms with Gasteiger partial charge in [0.1, 0.15) is 6.10 Å². The van der Waals surface area contributed by atoms with Gasteiger partial charge in [-0.2, -0.15) is 0 Å². The van der Waals surface area contributed by atoms with E-state index >= 15 is 0 Å². The highest BCUT2D eigenvalue weighted by molar-refractivity contribution is 6.99. The number of ether oxygens (including phenoxy) is 1. The van der Waals surface area contributed by atoms with E-state index in [0.29, 0.717) is 6.42 Å². The summed E-state index contributed by atoms with van der Waals surface area (Å²) in [5, 5.41) is 2.22. The van der Waals surface area contributed by atoms with Crippen molar-refractivity contribution >= 4 is 24.7 Å². The zero-order valence-electron chi connectivity index (χ0n) is 24.3. The van der Waals surface area contributed by atoms with Gasteiger partial charge in [0, 0.05) is 0 Å². The van der Waals surface area contributed by atoms with Crippen LogP contribution in [0.2, 0.25) is 5.04 Å². The van der Waals surface area contributed by atoms with Gasteiger partial charge in [0.05, 0.1) is 7.11 Å². The first-order chi connectivity index (χ1) is 17.9. The van der Waals surface area contributed by atoms with Gasteiger partial charge in [0.2, 0.25) is 0 Å². The molecule has 0 fully saturated rings. The van der Waals surface area contributed by atoms with Gasteiger partial charge >= 0.3 is 5.97 Å². The van der Waals surface area contributed by atoms with Crippen LogP contribution in [0.3, 0.4) is 0 Å². The first-order valence-electron chi connectivity index (χ1n) is 14.7. The van der Waals surface area contributed by atoms with Gasteiger partial charge in [0.15, 0.2) is 0 Å². The van der Waals surface area contributed by atoms with Crippen molar-refractivity contribution in [1.29, 1.82) is 0 Å². The molecule has 4 heteroatoms. The van der Waals surface area contributed by atoms with Crippen LogP contribution >= 0.6 is 0 Å². The molecule has 0 aliphatic rings. The Balaban J connectivity index is 2.02. The fourth-order valence-corrected chi connectivity index (χ4v) is 10.1. The molecule has 0 spiro atoms. The quantitative estimate of drug-likeness (QED) is 0.112. The molecule has 0 amide bonds. The third kappa shape index (κ3) is 9.72. The van der Waals surface area contributed by atoms with Gasteiger partial charge in [0.25, 0.3) is 8.32 Å². The fraction of sp³-hybridized carbons (Fsp3) is 0.606. The van der Waals surface area contributed by atoms with E-state index < -0.39 is 14.4 Å². The highest BCUT2D eigenvalue weighted by Crippen LogP contribution is 2.38. The van der Waals surface area contributed by atoms with Crippen molar-refractivity contribution in [3.05, 3.63) is 60.7 Å². The van der Waals surface area contributed by atoms with Gasteiger partial charge in [-0.1, -0.05) is 165 Å². The Bertz CT molecular complexity index is 821. The second kappa shape index (κ2) is 16.8. The molecule has 0 aliphatic heterocycles. The summed E-state index contributed by atoms with van der Waals surface area (Å²) in [5.41, 5.74) is 0. The molecule has 2 aromatic rings. The SMILES string of the molecule is CCCCCCCCCCCCCCC(O[Si](c1ccccc1)(c1ccccc1)C(C)(C)C)C(=O)OC. The summed E-state index contributed by atoms with van der Waals surface area (Å²) in [4.78, 5) is 13.0. The van der Waals surface area contributed by atoms with E-state index in [2.05, 4.69) is 76.2 Å². The average molecular weight is 525 g/mol. The topological polar surface area (TPSA) is 35.5 Å². The monoisotopic (exact) mass is 524 g/mol. The van der Waals surface area contributed by atoms with Crippen LogP contribution in [0.1, 0.15) is 111 Å². The number of esters is 1. The zero-order valence-corrected chi connectivity index (χ0v) is 25.3. The van der Waals surface area contributed by atoms with Crippen molar-refractivity contribution < 1.29 is 14.0 Å². The number of unbranched alkanes of at least 4 members (excludes halogenated alkanes) is 11. The minimum atomic E-state index is -2.80. The van der Waals surface area contributed by atoms with Crippen molar-refractivity contribution in [2.24, 2.45) is 0 Å². The van der Waals surface area contributed by atoms with Crippen molar-refractivity contribution in [1.82, 2.24) is 0 Å². The molecular weight excluding hydrogens is 472 g/mol. The fourth-order valence-electron chi connectivity index (χ4n) is 5.43. The molecule has 0 saturated heterocycles. The summed E-state index contributed by atoms with van der Waals surface area (Å²) in [6.07, 6.45) is 15.7. The summed E-state index contributed by atoms with van der Waals surface area (Å²) in [6.45, 7) is 9.01. The Morgan fingerprint density at radius 2 is 1.11 bits per heavy atom. The first-order valence-corrected chi connectivity index (χ1v) is 16.6. The Hall–Kier alpha value is -1.91. The Morgan fingerprint density at radius 1 is 0.703 bits per heavy atom. The van der Waals surface area contributed by atoms with Crippen LogP contribution in [0.4, 0.5) is 0 Å². The third-order valence-corrected chi connectivity index (χ3v) is 12.6. The molecule has 206 valence electrons. The Morgan fingerprint density at radius 3 is 1.49 bits per heavy atom. The lowest BCUT2D eigenvalue weighted by molar-refractivity contribution is -0.149. The number of carbonyl (C=O) groups is 1. The van der Waals surface area contributed by atoms with Crippen molar-refractivity contribution in [3.63, 3.8) is 0 Å². The zero-order chi connectivity index (χ0) is 27.0. The maximum atomic E-state index is 13.0. The average Bonchev–Trinajstić information content (AvgIpc) is 2.91. The molecule has 0 bridgehead atoms. The number of hydrogen-bond acceptors (Lipinski definition) is 3. The van der Waals surface area contributed by atoms with Crippen molar-refractivity contribution in [3.8, 4) is 0 Å². The van der Waals surface area contributed by atoms with Crippen LogP contribution in [0, 0.1) is 0 Å². The third-order valence-electron chi connectivity index (χ3n) is 7.52. The molecule has 2 aromatic carbocycles. The highest BCUT2D eigenvalue weighted by atomic mass is 28.4. The van der Waals surface area contributed by atoms with Crippen LogP contribution in [-0.2, 0) is 14.0 Å². The van der Waals surface area contributed by atoms with Gasteiger partial charge in [-0.15, -0.1) is 0 Å². The largest absolute Gasteiger partial charge is 0.467 e. The second-order valence-corrected chi connectivity index (χ2v) is 15.7. The number of benzene rings is 2. The minimum absolute atomic E-state index is 0.168. The minimum Gasteiger partial charge on any atom is -0.467 e. The van der Waals surface area contributed by atoms with E-state index in [9.17, 15) is 4.79 Å². The predicted octanol–water partition coefficient (Wildman–Crippen LogP) is 8.20. The van der Waals surface area contributed by atoms with Crippen LogP contribution in [0.5, 0.6) is 0 Å². The van der Waals surface area contributed by atoms with E-state index in [4.69, 9.17) is 9.16 Å². The molecule has 37 heavy (non-hydrogen) atoms. The predicted molar refractivity (Wildman–Crippen MR) is 160 cm³/mol. The maximum Gasteiger partial charge on any atom is 0.333 e. The summed E-state index contributed by atoms with van der Waals surface area (Å²) >= 11 is 0. The van der Waals surface area contributed by atoms with Crippen LogP contribution < -0.4 is 10.4 Å². The number of rotatable bonds is 18. The Labute approximate surface area is 228 Å². The van der Waals surface area contributed by atoms with Gasteiger partial charge in [-0.05, 0) is 21.8 Å². The lowest BCUT2D eigenvalue weighted by atomic mass is 10.0. The summed E-state index contributed by atoms with van der Waals surface area (Å²) in [6, 6.07) is 21.1. The highest BCUT2D eigenvalue weighted by Gasteiger charge is 2.52. The number of methoxy groups -OCH3 is 1. The standard InChI is InChI=1S/C33H52O3Si/c1-6-7-8-9-10-11-12-13-14-15-16-23-28-31(32(34)35-5)36-37(33(2,3)4,29-24-19-17-20-25-29)30-26-21-18-22-27-30/h17-22,24-27,31H,6-16,23,28H2,1-5H3. The van der Waals surface area contributed by atoms with E-state index in [1.165, 1.54) is 81.7 Å². The van der Waals surface area contributed by atoms with E-state index in [1.54, 1.807) is 0 Å². The lowest BCUT2D eigenvalue weighted by Crippen LogP contribution is -2.68. The van der Waals surface area contributed by atoms with Crippen molar-refractivity contribution in [2.75, 3.05) is 7.11 Å². The molecule has 3 nitrogen and oxygen atoms in total. The molecule has 1 unspecified atom stereocenters. The molecule has 2 rings (SSSR count).